The first-order chi connectivity index (χ1) is 9.71. The van der Waals surface area contributed by atoms with E-state index in [1.54, 1.807) is 4.90 Å². The lowest BCUT2D eigenvalue weighted by Gasteiger charge is -2.37. The molecule has 1 amide bonds. The third-order valence-electron chi connectivity index (χ3n) is 4.71. The zero-order valence-corrected chi connectivity index (χ0v) is 13.6. The van der Waals surface area contributed by atoms with Gasteiger partial charge in [0.25, 0.3) is 0 Å². The minimum absolute atomic E-state index is 0.245. The number of β-amino-alcohol motifs (C(OH)–C–C–N with tert-alkyl or cyclic N) is 1. The maximum atomic E-state index is 12.1. The van der Waals surface area contributed by atoms with Crippen molar-refractivity contribution in [3.8, 4) is 0 Å². The summed E-state index contributed by atoms with van der Waals surface area (Å²) in [6, 6.07) is -0.245. The second-order valence-corrected chi connectivity index (χ2v) is 7.68. The van der Waals surface area contributed by atoms with Crippen LogP contribution < -0.4 is 5.73 Å². The zero-order chi connectivity index (χ0) is 15.7. The SMILES string of the molecule is CC(C)(C)OC(=O)N1CCC(O)(C(N)C2CCCCC2)C1. The highest BCUT2D eigenvalue weighted by atomic mass is 16.6. The van der Waals surface area contributed by atoms with Crippen LogP contribution in [0.3, 0.4) is 0 Å². The van der Waals surface area contributed by atoms with E-state index in [0.29, 0.717) is 25.4 Å². The third kappa shape index (κ3) is 4.10. The number of ether oxygens (including phenoxy) is 1. The minimum Gasteiger partial charge on any atom is -0.444 e. The van der Waals surface area contributed by atoms with Gasteiger partial charge in [-0.1, -0.05) is 19.3 Å². The Balaban J connectivity index is 1.94. The van der Waals surface area contributed by atoms with Gasteiger partial charge in [0.05, 0.1) is 12.1 Å². The van der Waals surface area contributed by atoms with Crippen LogP contribution in [0.25, 0.3) is 0 Å². The van der Waals surface area contributed by atoms with Crippen LogP contribution >= 0.6 is 0 Å². The third-order valence-corrected chi connectivity index (χ3v) is 4.71. The maximum absolute atomic E-state index is 12.1. The lowest BCUT2D eigenvalue weighted by Crippen LogP contribution is -2.54. The van der Waals surface area contributed by atoms with Gasteiger partial charge in [-0.05, 0) is 46.0 Å². The quantitative estimate of drug-likeness (QED) is 0.820. The number of likely N-dealkylation sites (tertiary alicyclic amines) is 1. The van der Waals surface area contributed by atoms with Gasteiger partial charge >= 0.3 is 6.09 Å². The predicted octanol–water partition coefficient (Wildman–Crippen LogP) is 2.27. The fraction of sp³-hybridized carbons (Fsp3) is 0.938. The largest absolute Gasteiger partial charge is 0.444 e. The number of hydrogen-bond acceptors (Lipinski definition) is 4. The normalized spacial score (nSPS) is 29.5. The van der Waals surface area contributed by atoms with Gasteiger partial charge in [0.15, 0.2) is 0 Å². The maximum Gasteiger partial charge on any atom is 0.410 e. The van der Waals surface area contributed by atoms with Crippen LogP contribution in [0.4, 0.5) is 4.79 Å². The molecule has 1 aliphatic carbocycles. The molecule has 21 heavy (non-hydrogen) atoms. The molecule has 0 radical (unpaired) electrons. The van der Waals surface area contributed by atoms with Crippen molar-refractivity contribution in [2.45, 2.75) is 76.5 Å². The van der Waals surface area contributed by atoms with Crippen LogP contribution in [0.2, 0.25) is 0 Å². The van der Waals surface area contributed by atoms with Crippen LogP contribution in [-0.2, 0) is 4.74 Å². The van der Waals surface area contributed by atoms with Crippen molar-refractivity contribution in [2.75, 3.05) is 13.1 Å². The Morgan fingerprint density at radius 2 is 1.95 bits per heavy atom. The van der Waals surface area contributed by atoms with E-state index < -0.39 is 11.2 Å². The first-order valence-corrected chi connectivity index (χ1v) is 8.17. The molecule has 1 saturated carbocycles. The topological polar surface area (TPSA) is 75.8 Å². The average molecular weight is 298 g/mol. The van der Waals surface area contributed by atoms with Gasteiger partial charge in [0.2, 0.25) is 0 Å². The highest BCUT2D eigenvalue weighted by Gasteiger charge is 2.46. The van der Waals surface area contributed by atoms with Crippen LogP contribution in [0.5, 0.6) is 0 Å². The smallest absolute Gasteiger partial charge is 0.410 e. The summed E-state index contributed by atoms with van der Waals surface area (Å²) in [5.41, 5.74) is 4.88. The Bertz CT molecular complexity index is 374. The summed E-state index contributed by atoms with van der Waals surface area (Å²) in [7, 11) is 0. The summed E-state index contributed by atoms with van der Waals surface area (Å²) < 4.78 is 5.38. The molecule has 1 heterocycles. The van der Waals surface area contributed by atoms with Crippen LogP contribution in [-0.4, -0.2) is 46.4 Å². The second-order valence-electron chi connectivity index (χ2n) is 7.68. The van der Waals surface area contributed by atoms with Crippen molar-refractivity contribution < 1.29 is 14.6 Å². The summed E-state index contributed by atoms with van der Waals surface area (Å²) in [6.07, 6.45) is 6.05. The van der Waals surface area contributed by atoms with E-state index >= 15 is 0 Å². The van der Waals surface area contributed by atoms with Crippen molar-refractivity contribution in [3.63, 3.8) is 0 Å². The van der Waals surface area contributed by atoms with Gasteiger partial charge in [-0.15, -0.1) is 0 Å². The van der Waals surface area contributed by atoms with Crippen molar-refractivity contribution in [1.29, 1.82) is 0 Å². The lowest BCUT2D eigenvalue weighted by atomic mass is 9.76. The number of amides is 1. The van der Waals surface area contributed by atoms with Crippen LogP contribution in [0.15, 0.2) is 0 Å². The van der Waals surface area contributed by atoms with E-state index in [2.05, 4.69) is 0 Å². The molecular formula is C16H30N2O3. The van der Waals surface area contributed by atoms with Crippen molar-refractivity contribution in [3.05, 3.63) is 0 Å². The number of rotatable bonds is 2. The van der Waals surface area contributed by atoms with Gasteiger partial charge < -0.3 is 20.5 Å². The summed E-state index contributed by atoms with van der Waals surface area (Å²) in [5.74, 6) is 0.377. The Morgan fingerprint density at radius 1 is 1.33 bits per heavy atom. The van der Waals surface area contributed by atoms with Gasteiger partial charge in [-0.25, -0.2) is 4.79 Å². The molecule has 2 aliphatic rings. The number of carbonyl (C=O) groups is 1. The highest BCUT2D eigenvalue weighted by molar-refractivity contribution is 5.68. The van der Waals surface area contributed by atoms with Gasteiger partial charge in [0.1, 0.15) is 5.60 Å². The Kier molecular flexibility index (Phi) is 4.83. The lowest BCUT2D eigenvalue weighted by molar-refractivity contribution is -0.0101. The van der Waals surface area contributed by atoms with E-state index in [0.717, 1.165) is 12.8 Å². The van der Waals surface area contributed by atoms with E-state index in [-0.39, 0.29) is 12.1 Å². The molecule has 0 aromatic rings. The first kappa shape index (κ1) is 16.6. The minimum atomic E-state index is -0.959. The molecule has 2 rings (SSSR count). The number of aliphatic hydroxyl groups is 1. The van der Waals surface area contributed by atoms with E-state index in [4.69, 9.17) is 10.5 Å². The molecule has 0 aromatic carbocycles. The molecular weight excluding hydrogens is 268 g/mol. The number of carbonyl (C=O) groups excluding carboxylic acids is 1. The van der Waals surface area contributed by atoms with Crippen molar-refractivity contribution >= 4 is 6.09 Å². The van der Waals surface area contributed by atoms with Gasteiger partial charge in [-0.2, -0.15) is 0 Å². The Hall–Kier alpha value is -0.810. The summed E-state index contributed by atoms with van der Waals surface area (Å²) >= 11 is 0. The van der Waals surface area contributed by atoms with E-state index in [1.807, 2.05) is 20.8 Å². The summed E-state index contributed by atoms with van der Waals surface area (Å²) in [6.45, 7) is 6.36. The Labute approximate surface area is 127 Å². The number of hydrogen-bond donors (Lipinski definition) is 2. The summed E-state index contributed by atoms with van der Waals surface area (Å²) in [5, 5.41) is 10.9. The molecule has 5 heteroatoms. The Morgan fingerprint density at radius 3 is 2.52 bits per heavy atom. The molecule has 0 aromatic heterocycles. The van der Waals surface area contributed by atoms with Gasteiger partial charge in [0, 0.05) is 12.6 Å². The predicted molar refractivity (Wildman–Crippen MR) is 81.9 cm³/mol. The number of nitrogens with zero attached hydrogens (tertiary/aromatic N) is 1. The first-order valence-electron chi connectivity index (χ1n) is 8.17. The monoisotopic (exact) mass is 298 g/mol. The average Bonchev–Trinajstić information content (AvgIpc) is 2.81. The van der Waals surface area contributed by atoms with Crippen LogP contribution in [0.1, 0.15) is 59.3 Å². The standard InChI is InChI=1S/C16H30N2O3/c1-15(2,3)21-14(19)18-10-9-16(20,11-18)13(17)12-7-5-4-6-8-12/h12-13,20H,4-11,17H2,1-3H3. The molecule has 5 nitrogen and oxygen atoms in total. The van der Waals surface area contributed by atoms with E-state index in [9.17, 15) is 9.90 Å². The molecule has 122 valence electrons. The van der Waals surface area contributed by atoms with Gasteiger partial charge in [-0.3, -0.25) is 0 Å². The molecule has 3 N–H and O–H groups in total. The molecule has 2 unspecified atom stereocenters. The molecule has 1 saturated heterocycles. The molecule has 2 atom stereocenters. The summed E-state index contributed by atoms with van der Waals surface area (Å²) in [4.78, 5) is 13.7. The zero-order valence-electron chi connectivity index (χ0n) is 13.6. The second kappa shape index (κ2) is 6.13. The molecule has 0 spiro atoms. The van der Waals surface area contributed by atoms with Crippen LogP contribution in [0, 0.1) is 5.92 Å². The fourth-order valence-corrected chi connectivity index (χ4v) is 3.50. The van der Waals surface area contributed by atoms with Crippen molar-refractivity contribution in [1.82, 2.24) is 4.90 Å². The van der Waals surface area contributed by atoms with Crippen molar-refractivity contribution in [2.24, 2.45) is 11.7 Å². The molecule has 2 fully saturated rings. The fourth-order valence-electron chi connectivity index (χ4n) is 3.50. The van der Waals surface area contributed by atoms with E-state index in [1.165, 1.54) is 19.3 Å². The highest BCUT2D eigenvalue weighted by Crippen LogP contribution is 2.34. The molecule has 0 bridgehead atoms. The number of nitrogens with two attached hydrogens (primary N) is 1. The molecule has 1 aliphatic heterocycles.